The number of aliphatic hydroxyl groups excluding tert-OH is 5. The van der Waals surface area contributed by atoms with E-state index in [0.717, 1.165) is 78.3 Å². The lowest BCUT2D eigenvalue weighted by Crippen LogP contribution is -2.51. The van der Waals surface area contributed by atoms with Crippen LogP contribution in [-0.2, 0) is 0 Å². The summed E-state index contributed by atoms with van der Waals surface area (Å²) in [6, 6.07) is 0. The second-order valence-electron chi connectivity index (χ2n) is 11.3. The van der Waals surface area contributed by atoms with Crippen LogP contribution < -0.4 is 0 Å². The third-order valence-corrected chi connectivity index (χ3v) is 6.84. The zero-order chi connectivity index (χ0) is 27.8. The van der Waals surface area contributed by atoms with Gasteiger partial charge in [0.15, 0.2) is 0 Å². The van der Waals surface area contributed by atoms with E-state index < -0.39 is 24.4 Å². The van der Waals surface area contributed by atoms with Gasteiger partial charge in [-0.05, 0) is 34.1 Å². The monoisotopic (exact) mass is 533 g/mol. The van der Waals surface area contributed by atoms with Crippen molar-refractivity contribution in [2.45, 2.75) is 78.0 Å². The lowest BCUT2D eigenvalue weighted by atomic mass is 10.2. The molecule has 1 aliphatic rings. The van der Waals surface area contributed by atoms with Crippen LogP contribution in [0.5, 0.6) is 0 Å². The molecule has 1 fully saturated rings. The molecule has 1 heterocycles. The van der Waals surface area contributed by atoms with Gasteiger partial charge in [0.05, 0.1) is 30.5 Å². The molecule has 5 unspecified atom stereocenters. The molecule has 1 saturated heterocycles. The first-order valence-corrected chi connectivity index (χ1v) is 14.5. The molecule has 0 bridgehead atoms. The van der Waals surface area contributed by atoms with Crippen molar-refractivity contribution in [1.82, 2.24) is 24.5 Å². The van der Waals surface area contributed by atoms with E-state index in [1.54, 1.807) is 20.8 Å². The lowest BCUT2D eigenvalue weighted by molar-refractivity contribution is 0.0532. The van der Waals surface area contributed by atoms with Gasteiger partial charge >= 0.3 is 0 Å². The fourth-order valence-electron chi connectivity index (χ4n) is 5.11. The van der Waals surface area contributed by atoms with Crippen LogP contribution in [0.25, 0.3) is 0 Å². The molecular formula is C27H59N5O5. The topological polar surface area (TPSA) is 117 Å². The summed E-state index contributed by atoms with van der Waals surface area (Å²) in [5.74, 6) is 0. The van der Waals surface area contributed by atoms with Gasteiger partial charge in [0.1, 0.15) is 0 Å². The van der Waals surface area contributed by atoms with Gasteiger partial charge in [-0.2, -0.15) is 0 Å². The highest BCUT2D eigenvalue weighted by atomic mass is 16.3. The minimum atomic E-state index is -0.443. The van der Waals surface area contributed by atoms with Gasteiger partial charge < -0.3 is 25.5 Å². The van der Waals surface area contributed by atoms with Crippen molar-refractivity contribution < 1.29 is 25.5 Å². The summed E-state index contributed by atoms with van der Waals surface area (Å²) in [5.41, 5.74) is 0. The van der Waals surface area contributed by atoms with E-state index >= 15 is 0 Å². The number of hydrogen-bond donors (Lipinski definition) is 5. The molecular weight excluding hydrogens is 474 g/mol. The van der Waals surface area contributed by atoms with Crippen molar-refractivity contribution in [2.75, 3.05) is 98.2 Å². The van der Waals surface area contributed by atoms with Gasteiger partial charge in [-0.25, -0.2) is 0 Å². The molecule has 0 spiro atoms. The zero-order valence-corrected chi connectivity index (χ0v) is 24.4. The van der Waals surface area contributed by atoms with Crippen LogP contribution in [0.4, 0.5) is 0 Å². The molecule has 222 valence electrons. The van der Waals surface area contributed by atoms with E-state index in [4.69, 9.17) is 0 Å². The van der Waals surface area contributed by atoms with Crippen molar-refractivity contribution >= 4 is 0 Å². The zero-order valence-electron chi connectivity index (χ0n) is 24.4. The smallest absolute Gasteiger partial charge is 0.0667 e. The summed E-state index contributed by atoms with van der Waals surface area (Å²) in [5, 5.41) is 49.7. The largest absolute Gasteiger partial charge is 0.392 e. The Labute approximate surface area is 226 Å². The number of nitrogens with zero attached hydrogens (tertiary/aromatic N) is 5. The molecule has 0 radical (unpaired) electrons. The van der Waals surface area contributed by atoms with Crippen molar-refractivity contribution in [3.05, 3.63) is 0 Å². The van der Waals surface area contributed by atoms with Crippen LogP contribution in [0.1, 0.15) is 47.5 Å². The number of aliphatic hydroxyl groups is 5. The highest BCUT2D eigenvalue weighted by Gasteiger charge is 2.20. The maximum atomic E-state index is 10.3. The molecule has 0 saturated carbocycles. The van der Waals surface area contributed by atoms with E-state index in [9.17, 15) is 25.5 Å². The molecule has 1 rings (SSSR count). The fourth-order valence-corrected chi connectivity index (χ4v) is 5.11. The number of rotatable bonds is 21. The first kappa shape index (κ1) is 34.6. The van der Waals surface area contributed by atoms with Crippen LogP contribution >= 0.6 is 0 Å². The predicted molar refractivity (Wildman–Crippen MR) is 150 cm³/mol. The van der Waals surface area contributed by atoms with E-state index in [-0.39, 0.29) is 6.10 Å². The van der Waals surface area contributed by atoms with E-state index in [1.165, 1.54) is 0 Å². The summed E-state index contributed by atoms with van der Waals surface area (Å²) in [6.07, 6.45) is -0.329. The molecule has 0 aromatic rings. The first-order valence-electron chi connectivity index (χ1n) is 14.5. The Balaban J connectivity index is 2.47. The average Bonchev–Trinajstić information content (AvgIpc) is 2.78. The molecule has 10 nitrogen and oxygen atoms in total. The van der Waals surface area contributed by atoms with Gasteiger partial charge in [-0.3, -0.25) is 24.5 Å². The van der Waals surface area contributed by atoms with E-state index in [1.807, 2.05) is 6.92 Å². The second-order valence-corrected chi connectivity index (χ2v) is 11.3. The second kappa shape index (κ2) is 19.6. The van der Waals surface area contributed by atoms with Crippen molar-refractivity contribution in [3.8, 4) is 0 Å². The maximum absolute atomic E-state index is 10.3. The maximum Gasteiger partial charge on any atom is 0.0667 e. The lowest BCUT2D eigenvalue weighted by Gasteiger charge is -2.37. The summed E-state index contributed by atoms with van der Waals surface area (Å²) >= 11 is 0. The Morgan fingerprint density at radius 1 is 0.541 bits per heavy atom. The molecule has 5 N–H and O–H groups in total. The van der Waals surface area contributed by atoms with Crippen molar-refractivity contribution in [1.29, 1.82) is 0 Å². The van der Waals surface area contributed by atoms with Crippen molar-refractivity contribution in [2.24, 2.45) is 0 Å². The average molecular weight is 534 g/mol. The van der Waals surface area contributed by atoms with E-state index in [0.29, 0.717) is 32.7 Å². The van der Waals surface area contributed by atoms with Crippen LogP contribution in [0.15, 0.2) is 0 Å². The quantitative estimate of drug-likeness (QED) is 0.128. The Kier molecular flexibility index (Phi) is 18.4. The fraction of sp³-hybridized carbons (Fsp3) is 1.00. The van der Waals surface area contributed by atoms with Gasteiger partial charge in [0.2, 0.25) is 0 Å². The van der Waals surface area contributed by atoms with Gasteiger partial charge in [0.25, 0.3) is 0 Å². The van der Waals surface area contributed by atoms with Crippen LogP contribution in [0, 0.1) is 0 Å². The van der Waals surface area contributed by atoms with E-state index in [2.05, 4.69) is 31.4 Å². The number of hydrogen-bond acceptors (Lipinski definition) is 10. The number of piperazine rings is 1. The van der Waals surface area contributed by atoms with Crippen LogP contribution in [-0.4, -0.2) is 179 Å². The standard InChI is InChI=1S/C27H59N5O5/c1-6-7-27(37)22-32(21-26(5)36)17-15-30(18-23(2)33)14-12-28-8-10-29(11-9-28)13-16-31(19-24(3)34)20-25(4)35/h23-27,33-37H,6-22H2,1-5H3. The summed E-state index contributed by atoms with van der Waals surface area (Å²) in [7, 11) is 0. The summed E-state index contributed by atoms with van der Waals surface area (Å²) in [4.78, 5) is 11.5. The third kappa shape index (κ3) is 17.7. The van der Waals surface area contributed by atoms with Gasteiger partial charge in [-0.15, -0.1) is 0 Å². The molecule has 5 atom stereocenters. The first-order chi connectivity index (χ1) is 17.5. The van der Waals surface area contributed by atoms with Crippen molar-refractivity contribution in [3.63, 3.8) is 0 Å². The Bertz CT molecular complexity index is 537. The molecule has 0 aliphatic carbocycles. The predicted octanol–water partition coefficient (Wildman–Crippen LogP) is -0.806. The van der Waals surface area contributed by atoms with Gasteiger partial charge in [-0.1, -0.05) is 13.3 Å². The normalized spacial score (nSPS) is 20.0. The molecule has 10 heteroatoms. The highest BCUT2D eigenvalue weighted by Crippen LogP contribution is 2.06. The Morgan fingerprint density at radius 2 is 0.892 bits per heavy atom. The molecule has 37 heavy (non-hydrogen) atoms. The van der Waals surface area contributed by atoms with Gasteiger partial charge in [0, 0.05) is 98.2 Å². The third-order valence-electron chi connectivity index (χ3n) is 6.84. The Hall–Kier alpha value is -0.400. The molecule has 0 aromatic carbocycles. The molecule has 1 aliphatic heterocycles. The molecule has 0 amide bonds. The van der Waals surface area contributed by atoms with Crippen LogP contribution in [0.2, 0.25) is 0 Å². The highest BCUT2D eigenvalue weighted by molar-refractivity contribution is 4.76. The minimum Gasteiger partial charge on any atom is -0.392 e. The summed E-state index contributed by atoms with van der Waals surface area (Å²) in [6.45, 7) is 21.3. The summed E-state index contributed by atoms with van der Waals surface area (Å²) < 4.78 is 0. The molecule has 0 aromatic heterocycles. The Morgan fingerprint density at radius 3 is 1.30 bits per heavy atom. The minimum absolute atomic E-state index is 0.378. The SMILES string of the molecule is CCCC(O)CN(CCN(CCN1CCN(CCN(CC(C)O)CC(C)O)CC1)CC(C)O)CC(C)O. The van der Waals surface area contributed by atoms with Crippen LogP contribution in [0.3, 0.4) is 0 Å².